The number of amides is 2. The Morgan fingerprint density at radius 3 is 2.09 bits per heavy atom. The zero-order valence-electron chi connectivity index (χ0n) is 25.4. The number of methoxy groups -OCH3 is 2. The predicted octanol–water partition coefficient (Wildman–Crippen LogP) is 7.76. The van der Waals surface area contributed by atoms with E-state index in [2.05, 4.69) is 10.6 Å². The van der Waals surface area contributed by atoms with E-state index in [1.54, 1.807) is 67.8 Å². The standard InChI is InChI=1S/C38H32N2O5S/c1-44-32-20-21-36(45-2)30(22-32)23-34(40-37(42)29-12-7-4-8-13-29)38(43)39-31-14-9-15-33(24-31)46-25-35(41)28-18-16-27(17-19-28)26-10-5-3-6-11-26/h3-24H,25H2,1-2H3,(H,39,43)(H,40,42)/b34-23-. The molecule has 0 fully saturated rings. The van der Waals surface area contributed by atoms with Crippen LogP contribution >= 0.6 is 11.8 Å². The highest BCUT2D eigenvalue weighted by molar-refractivity contribution is 8.00. The molecule has 0 heterocycles. The number of thioether (sulfide) groups is 1. The quantitative estimate of drug-likeness (QED) is 0.0834. The number of ketones is 1. The average molecular weight is 629 g/mol. The number of benzene rings is 5. The first kappa shape index (κ1) is 31.8. The molecule has 0 aliphatic heterocycles. The predicted molar refractivity (Wildman–Crippen MR) is 183 cm³/mol. The smallest absolute Gasteiger partial charge is 0.272 e. The number of hydrogen-bond acceptors (Lipinski definition) is 6. The van der Waals surface area contributed by atoms with E-state index in [-0.39, 0.29) is 17.2 Å². The van der Waals surface area contributed by atoms with Crippen molar-refractivity contribution in [1.82, 2.24) is 5.32 Å². The topological polar surface area (TPSA) is 93.7 Å². The molecule has 5 rings (SSSR count). The number of rotatable bonds is 12. The molecule has 0 aliphatic carbocycles. The Labute approximate surface area is 272 Å². The molecule has 0 radical (unpaired) electrons. The molecular weight excluding hydrogens is 596 g/mol. The fourth-order valence-electron chi connectivity index (χ4n) is 4.62. The number of carbonyl (C=O) groups excluding carboxylic acids is 3. The Balaban J connectivity index is 1.30. The minimum Gasteiger partial charge on any atom is -0.497 e. The van der Waals surface area contributed by atoms with E-state index in [1.807, 2.05) is 66.7 Å². The van der Waals surface area contributed by atoms with Crippen LogP contribution in [0.5, 0.6) is 11.5 Å². The highest BCUT2D eigenvalue weighted by atomic mass is 32.2. The highest BCUT2D eigenvalue weighted by Gasteiger charge is 2.17. The number of Topliss-reactive ketones (excluding diaryl/α,β-unsaturated/α-hetero) is 1. The van der Waals surface area contributed by atoms with Crippen molar-refractivity contribution in [2.75, 3.05) is 25.3 Å². The molecule has 7 nitrogen and oxygen atoms in total. The summed E-state index contributed by atoms with van der Waals surface area (Å²) in [5.74, 6) is 0.315. The minimum atomic E-state index is -0.536. The molecule has 0 bridgehead atoms. The second-order valence-corrected chi connectivity index (χ2v) is 11.2. The summed E-state index contributed by atoms with van der Waals surface area (Å²) in [6, 6.07) is 38.6. The SMILES string of the molecule is COc1ccc(OC)c(/C=C(\NC(=O)c2ccccc2)C(=O)Nc2cccc(SCC(=O)c3ccc(-c4ccccc4)cc3)c2)c1. The molecule has 0 saturated heterocycles. The van der Waals surface area contributed by atoms with E-state index in [4.69, 9.17) is 9.47 Å². The fourth-order valence-corrected chi connectivity index (χ4v) is 5.47. The van der Waals surface area contributed by atoms with Gasteiger partial charge in [0.1, 0.15) is 17.2 Å². The van der Waals surface area contributed by atoms with Crippen LogP contribution in [0.15, 0.2) is 138 Å². The molecule has 46 heavy (non-hydrogen) atoms. The Morgan fingerprint density at radius 1 is 0.696 bits per heavy atom. The van der Waals surface area contributed by atoms with Crippen LogP contribution in [0.3, 0.4) is 0 Å². The number of nitrogens with one attached hydrogen (secondary N) is 2. The molecule has 0 atom stereocenters. The summed E-state index contributed by atoms with van der Waals surface area (Å²) in [5, 5.41) is 5.62. The van der Waals surface area contributed by atoms with Gasteiger partial charge in [-0.1, -0.05) is 78.9 Å². The van der Waals surface area contributed by atoms with E-state index >= 15 is 0 Å². The van der Waals surface area contributed by atoms with Crippen molar-refractivity contribution in [2.24, 2.45) is 0 Å². The molecule has 5 aromatic carbocycles. The minimum absolute atomic E-state index is 0.000121. The van der Waals surface area contributed by atoms with E-state index in [1.165, 1.54) is 24.9 Å². The highest BCUT2D eigenvalue weighted by Crippen LogP contribution is 2.27. The molecule has 8 heteroatoms. The Hall–Kier alpha value is -5.60. The van der Waals surface area contributed by atoms with Crippen molar-refractivity contribution in [1.29, 1.82) is 0 Å². The van der Waals surface area contributed by atoms with Gasteiger partial charge in [0.15, 0.2) is 5.78 Å². The maximum absolute atomic E-state index is 13.6. The van der Waals surface area contributed by atoms with Crippen LogP contribution in [-0.4, -0.2) is 37.6 Å². The van der Waals surface area contributed by atoms with Gasteiger partial charge < -0.3 is 20.1 Å². The number of carbonyl (C=O) groups is 3. The number of ether oxygens (including phenoxy) is 2. The van der Waals surface area contributed by atoms with Crippen molar-refractivity contribution in [3.05, 3.63) is 150 Å². The van der Waals surface area contributed by atoms with Gasteiger partial charge in [-0.2, -0.15) is 0 Å². The van der Waals surface area contributed by atoms with Crippen LogP contribution < -0.4 is 20.1 Å². The molecule has 5 aromatic rings. The lowest BCUT2D eigenvalue weighted by Crippen LogP contribution is -2.30. The summed E-state index contributed by atoms with van der Waals surface area (Å²) < 4.78 is 10.8. The van der Waals surface area contributed by atoms with Crippen molar-refractivity contribution in [3.63, 3.8) is 0 Å². The van der Waals surface area contributed by atoms with Gasteiger partial charge in [-0.15, -0.1) is 11.8 Å². The molecule has 0 saturated carbocycles. The van der Waals surface area contributed by atoms with Gasteiger partial charge in [0, 0.05) is 27.3 Å². The van der Waals surface area contributed by atoms with Crippen molar-refractivity contribution < 1.29 is 23.9 Å². The van der Waals surface area contributed by atoms with Gasteiger partial charge in [0.05, 0.1) is 20.0 Å². The Morgan fingerprint density at radius 2 is 1.39 bits per heavy atom. The van der Waals surface area contributed by atoms with Crippen molar-refractivity contribution in [3.8, 4) is 22.6 Å². The zero-order chi connectivity index (χ0) is 32.3. The lowest BCUT2D eigenvalue weighted by atomic mass is 10.0. The van der Waals surface area contributed by atoms with Crippen molar-refractivity contribution >= 4 is 41.1 Å². The maximum atomic E-state index is 13.6. The Bertz CT molecular complexity index is 1860. The average Bonchev–Trinajstić information content (AvgIpc) is 3.11. The van der Waals surface area contributed by atoms with E-state index < -0.39 is 11.8 Å². The summed E-state index contributed by atoms with van der Waals surface area (Å²) in [6.45, 7) is 0. The first-order valence-electron chi connectivity index (χ1n) is 14.5. The normalized spacial score (nSPS) is 11.0. The second kappa shape index (κ2) is 15.4. The van der Waals surface area contributed by atoms with Crippen LogP contribution in [0.2, 0.25) is 0 Å². The van der Waals surface area contributed by atoms with E-state index in [9.17, 15) is 14.4 Å². The third-order valence-corrected chi connectivity index (χ3v) is 8.04. The fraction of sp³-hybridized carbons (Fsp3) is 0.0789. The molecule has 0 spiro atoms. The molecule has 0 unspecified atom stereocenters. The first-order valence-corrected chi connectivity index (χ1v) is 15.4. The first-order chi connectivity index (χ1) is 22.4. The van der Waals surface area contributed by atoms with Gasteiger partial charge in [-0.05, 0) is 65.7 Å². The largest absolute Gasteiger partial charge is 0.497 e. The summed E-state index contributed by atoms with van der Waals surface area (Å²) in [7, 11) is 3.06. The number of anilines is 1. The van der Waals surface area contributed by atoms with Gasteiger partial charge in [-0.3, -0.25) is 14.4 Å². The van der Waals surface area contributed by atoms with Crippen molar-refractivity contribution in [2.45, 2.75) is 4.90 Å². The Kier molecular flexibility index (Phi) is 10.7. The summed E-state index contributed by atoms with van der Waals surface area (Å²) in [4.78, 5) is 40.4. The summed E-state index contributed by atoms with van der Waals surface area (Å²) in [5.41, 5.74) is 4.23. The maximum Gasteiger partial charge on any atom is 0.272 e. The van der Waals surface area contributed by atoms with Crippen LogP contribution in [0.4, 0.5) is 5.69 Å². The van der Waals surface area contributed by atoms with E-state index in [0.717, 1.165) is 16.0 Å². The molecular formula is C38H32N2O5S. The second-order valence-electron chi connectivity index (χ2n) is 10.1. The lowest BCUT2D eigenvalue weighted by Gasteiger charge is -2.13. The summed E-state index contributed by atoms with van der Waals surface area (Å²) >= 11 is 1.38. The molecule has 230 valence electrons. The van der Waals surface area contributed by atoms with Crippen LogP contribution in [0.25, 0.3) is 17.2 Å². The molecule has 2 amide bonds. The molecule has 2 N–H and O–H groups in total. The third-order valence-electron chi connectivity index (χ3n) is 7.04. The molecule has 0 aromatic heterocycles. The van der Waals surface area contributed by atoms with Gasteiger partial charge in [0.25, 0.3) is 11.8 Å². The van der Waals surface area contributed by atoms with E-state index in [0.29, 0.717) is 33.9 Å². The van der Waals surface area contributed by atoms with Gasteiger partial charge >= 0.3 is 0 Å². The van der Waals surface area contributed by atoms with Gasteiger partial charge in [-0.25, -0.2) is 0 Å². The lowest BCUT2D eigenvalue weighted by molar-refractivity contribution is -0.113. The third kappa shape index (κ3) is 8.31. The number of hydrogen-bond donors (Lipinski definition) is 2. The summed E-state index contributed by atoms with van der Waals surface area (Å²) in [6.07, 6.45) is 1.54. The molecule has 0 aliphatic rings. The van der Waals surface area contributed by atoms with Crippen LogP contribution in [0, 0.1) is 0 Å². The van der Waals surface area contributed by atoms with Crippen LogP contribution in [-0.2, 0) is 4.79 Å². The monoisotopic (exact) mass is 628 g/mol. The zero-order valence-corrected chi connectivity index (χ0v) is 26.2. The van der Waals surface area contributed by atoms with Crippen LogP contribution in [0.1, 0.15) is 26.3 Å². The van der Waals surface area contributed by atoms with Gasteiger partial charge in [0.2, 0.25) is 0 Å².